The Labute approximate surface area is 94.4 Å². The lowest BCUT2D eigenvalue weighted by Crippen LogP contribution is -2.24. The highest BCUT2D eigenvalue weighted by Crippen LogP contribution is 2.23. The van der Waals surface area contributed by atoms with Crippen molar-refractivity contribution >= 4 is 21.6 Å². The highest BCUT2D eigenvalue weighted by atomic mass is 79.9. The number of imidazole rings is 1. The van der Waals surface area contributed by atoms with Gasteiger partial charge in [-0.1, -0.05) is 0 Å². The maximum Gasteiger partial charge on any atom is 0.151 e. The molecular formula is C10H9BrFN3. The fourth-order valence-corrected chi connectivity index (χ4v) is 2.47. The molecule has 5 heteroatoms. The number of pyridine rings is 1. The molecule has 2 aromatic heterocycles. The van der Waals surface area contributed by atoms with E-state index >= 15 is 0 Å². The van der Waals surface area contributed by atoms with Crippen LogP contribution in [0.15, 0.2) is 16.7 Å². The van der Waals surface area contributed by atoms with E-state index in [2.05, 4.69) is 26.2 Å². The van der Waals surface area contributed by atoms with Gasteiger partial charge in [-0.3, -0.25) is 4.40 Å². The molecule has 0 unspecified atom stereocenters. The van der Waals surface area contributed by atoms with Crippen LogP contribution in [0.2, 0.25) is 0 Å². The summed E-state index contributed by atoms with van der Waals surface area (Å²) in [4.78, 5) is 4.50. The molecule has 3 heterocycles. The van der Waals surface area contributed by atoms with Crippen LogP contribution in [-0.4, -0.2) is 15.9 Å². The Morgan fingerprint density at radius 2 is 2.40 bits per heavy atom. The average Bonchev–Trinajstić information content (AvgIpc) is 2.57. The Hall–Kier alpha value is -0.940. The highest BCUT2D eigenvalue weighted by Gasteiger charge is 2.17. The molecular weight excluding hydrogens is 261 g/mol. The third kappa shape index (κ3) is 1.38. The third-order valence-electron chi connectivity index (χ3n) is 2.65. The zero-order valence-electron chi connectivity index (χ0n) is 7.93. The first-order valence-corrected chi connectivity index (χ1v) is 5.60. The second-order valence-electron chi connectivity index (χ2n) is 3.63. The molecule has 0 saturated carbocycles. The first-order valence-electron chi connectivity index (χ1n) is 4.81. The molecule has 15 heavy (non-hydrogen) atoms. The van der Waals surface area contributed by atoms with Crippen LogP contribution in [0.3, 0.4) is 0 Å². The standard InChI is InChI=1S/C10H9BrFN3/c11-7-3-6(12)5-15-9-4-13-2-1-8(9)14-10(7)15/h3,5,13H,1-2,4H2. The van der Waals surface area contributed by atoms with Crippen molar-refractivity contribution in [3.63, 3.8) is 0 Å². The summed E-state index contributed by atoms with van der Waals surface area (Å²) in [6.07, 6.45) is 2.39. The van der Waals surface area contributed by atoms with Gasteiger partial charge in [-0.25, -0.2) is 9.37 Å². The van der Waals surface area contributed by atoms with Crippen molar-refractivity contribution in [3.8, 4) is 0 Å². The Morgan fingerprint density at radius 1 is 1.53 bits per heavy atom. The zero-order chi connectivity index (χ0) is 10.4. The molecule has 78 valence electrons. The molecule has 0 fully saturated rings. The summed E-state index contributed by atoms with van der Waals surface area (Å²) in [6, 6.07) is 1.45. The van der Waals surface area contributed by atoms with E-state index in [1.54, 1.807) is 0 Å². The fraction of sp³-hybridized carbons (Fsp3) is 0.300. The minimum atomic E-state index is -0.250. The first kappa shape index (κ1) is 9.30. The molecule has 0 saturated heterocycles. The van der Waals surface area contributed by atoms with Crippen LogP contribution in [0.25, 0.3) is 5.65 Å². The predicted molar refractivity (Wildman–Crippen MR) is 58.3 cm³/mol. The smallest absolute Gasteiger partial charge is 0.151 e. The van der Waals surface area contributed by atoms with E-state index in [1.807, 2.05) is 4.40 Å². The van der Waals surface area contributed by atoms with Crippen LogP contribution in [-0.2, 0) is 13.0 Å². The van der Waals surface area contributed by atoms with Gasteiger partial charge in [-0.15, -0.1) is 0 Å². The van der Waals surface area contributed by atoms with Crippen molar-refractivity contribution in [2.45, 2.75) is 13.0 Å². The first-order chi connectivity index (χ1) is 7.25. The van der Waals surface area contributed by atoms with Gasteiger partial charge in [-0.05, 0) is 22.0 Å². The lowest BCUT2D eigenvalue weighted by Gasteiger charge is -2.11. The summed E-state index contributed by atoms with van der Waals surface area (Å²) >= 11 is 3.33. The second kappa shape index (κ2) is 3.28. The van der Waals surface area contributed by atoms with Crippen molar-refractivity contribution in [2.75, 3.05) is 6.54 Å². The van der Waals surface area contributed by atoms with E-state index in [1.165, 1.54) is 12.3 Å². The molecule has 0 bridgehead atoms. The van der Waals surface area contributed by atoms with Gasteiger partial charge in [0.15, 0.2) is 5.65 Å². The van der Waals surface area contributed by atoms with Crippen molar-refractivity contribution in [1.29, 1.82) is 0 Å². The van der Waals surface area contributed by atoms with Gasteiger partial charge < -0.3 is 5.32 Å². The SMILES string of the molecule is Fc1cc(Br)c2nc3c(n2c1)CNCC3. The van der Waals surface area contributed by atoms with Crippen molar-refractivity contribution in [2.24, 2.45) is 0 Å². The quantitative estimate of drug-likeness (QED) is 0.792. The van der Waals surface area contributed by atoms with Crippen LogP contribution in [0.1, 0.15) is 11.4 Å². The highest BCUT2D eigenvalue weighted by molar-refractivity contribution is 9.10. The molecule has 2 aromatic rings. The van der Waals surface area contributed by atoms with E-state index in [-0.39, 0.29) is 5.82 Å². The zero-order valence-corrected chi connectivity index (χ0v) is 9.51. The number of hydrogen-bond acceptors (Lipinski definition) is 2. The van der Waals surface area contributed by atoms with Crippen LogP contribution >= 0.6 is 15.9 Å². The van der Waals surface area contributed by atoms with E-state index in [4.69, 9.17) is 0 Å². The molecule has 0 amide bonds. The summed E-state index contributed by atoms with van der Waals surface area (Å²) in [6.45, 7) is 1.70. The maximum atomic E-state index is 13.2. The van der Waals surface area contributed by atoms with Crippen LogP contribution < -0.4 is 5.32 Å². The molecule has 0 aromatic carbocycles. The van der Waals surface area contributed by atoms with Gasteiger partial charge in [0.25, 0.3) is 0 Å². The number of rotatable bonds is 0. The van der Waals surface area contributed by atoms with Crippen molar-refractivity contribution in [1.82, 2.24) is 14.7 Å². The molecule has 3 nitrogen and oxygen atoms in total. The average molecular weight is 270 g/mol. The number of hydrogen-bond donors (Lipinski definition) is 1. The minimum Gasteiger partial charge on any atom is -0.311 e. The van der Waals surface area contributed by atoms with Crippen LogP contribution in [0.4, 0.5) is 4.39 Å². The molecule has 0 spiro atoms. The topological polar surface area (TPSA) is 29.3 Å². The van der Waals surface area contributed by atoms with Gasteiger partial charge in [-0.2, -0.15) is 0 Å². The lowest BCUT2D eigenvalue weighted by molar-refractivity contribution is 0.602. The Morgan fingerprint density at radius 3 is 3.27 bits per heavy atom. The summed E-state index contributed by atoms with van der Waals surface area (Å²) in [5.41, 5.74) is 2.93. The molecule has 1 aliphatic rings. The summed E-state index contributed by atoms with van der Waals surface area (Å²) in [5, 5.41) is 3.26. The summed E-state index contributed by atoms with van der Waals surface area (Å²) < 4.78 is 15.8. The Bertz CT molecular complexity index is 535. The number of halogens is 2. The molecule has 0 radical (unpaired) electrons. The molecule has 1 N–H and O–H groups in total. The largest absolute Gasteiger partial charge is 0.311 e. The van der Waals surface area contributed by atoms with Gasteiger partial charge >= 0.3 is 0 Å². The molecule has 0 aliphatic carbocycles. The maximum absolute atomic E-state index is 13.2. The number of nitrogens with zero attached hydrogens (tertiary/aromatic N) is 2. The lowest BCUT2D eigenvalue weighted by atomic mass is 10.2. The van der Waals surface area contributed by atoms with Crippen LogP contribution in [0, 0.1) is 5.82 Å². The summed E-state index contributed by atoms with van der Waals surface area (Å²) in [7, 11) is 0. The van der Waals surface area contributed by atoms with Gasteiger partial charge in [0, 0.05) is 25.7 Å². The van der Waals surface area contributed by atoms with Crippen LogP contribution in [0.5, 0.6) is 0 Å². The Kier molecular flexibility index (Phi) is 2.03. The van der Waals surface area contributed by atoms with E-state index in [9.17, 15) is 4.39 Å². The molecule has 0 atom stereocenters. The van der Waals surface area contributed by atoms with E-state index in [0.29, 0.717) is 4.47 Å². The molecule has 3 rings (SSSR count). The third-order valence-corrected chi connectivity index (χ3v) is 3.24. The van der Waals surface area contributed by atoms with Gasteiger partial charge in [0.1, 0.15) is 5.82 Å². The normalized spacial score (nSPS) is 15.6. The summed E-state index contributed by atoms with van der Waals surface area (Å²) in [5.74, 6) is -0.250. The predicted octanol–water partition coefficient (Wildman–Crippen LogP) is 1.88. The van der Waals surface area contributed by atoms with Gasteiger partial charge in [0.2, 0.25) is 0 Å². The van der Waals surface area contributed by atoms with Crippen molar-refractivity contribution < 1.29 is 4.39 Å². The number of nitrogens with one attached hydrogen (secondary N) is 1. The van der Waals surface area contributed by atoms with E-state index in [0.717, 1.165) is 36.5 Å². The molecule has 1 aliphatic heterocycles. The van der Waals surface area contributed by atoms with Gasteiger partial charge in [0.05, 0.1) is 15.9 Å². The minimum absolute atomic E-state index is 0.250. The monoisotopic (exact) mass is 269 g/mol. The number of aromatic nitrogens is 2. The fourth-order valence-electron chi connectivity index (χ4n) is 1.97. The van der Waals surface area contributed by atoms with E-state index < -0.39 is 0 Å². The second-order valence-corrected chi connectivity index (χ2v) is 4.49. The number of fused-ring (bicyclic) bond motifs is 3. The Balaban J connectivity index is 2.37. The van der Waals surface area contributed by atoms with Crippen molar-refractivity contribution in [3.05, 3.63) is 33.9 Å².